The Morgan fingerprint density at radius 3 is 2.42 bits per heavy atom. The lowest BCUT2D eigenvalue weighted by Gasteiger charge is -2.16. The van der Waals surface area contributed by atoms with Crippen LogP contribution in [-0.2, 0) is 11.2 Å². The molecule has 0 amide bonds. The molecule has 100 valence electrons. The van der Waals surface area contributed by atoms with Crippen molar-refractivity contribution < 1.29 is 4.74 Å². The van der Waals surface area contributed by atoms with Crippen LogP contribution in [0, 0.1) is 6.92 Å². The number of aromatic nitrogens is 2. The number of ether oxygens (including phenoxy) is 1. The SMILES string of the molecule is CCc1c(C)nc(C(OC)c2ccccc2)nc1Cl. The quantitative estimate of drug-likeness (QED) is 0.798. The van der Waals surface area contributed by atoms with Gasteiger partial charge in [-0.25, -0.2) is 9.97 Å². The number of aryl methyl sites for hydroxylation is 1. The lowest BCUT2D eigenvalue weighted by atomic mass is 10.1. The van der Waals surface area contributed by atoms with Crippen molar-refractivity contribution in [2.24, 2.45) is 0 Å². The molecule has 1 aromatic heterocycles. The highest BCUT2D eigenvalue weighted by Gasteiger charge is 2.19. The van der Waals surface area contributed by atoms with E-state index in [2.05, 4.69) is 9.97 Å². The fraction of sp³-hybridized carbons (Fsp3) is 0.333. The van der Waals surface area contributed by atoms with Crippen molar-refractivity contribution in [1.29, 1.82) is 0 Å². The lowest BCUT2D eigenvalue weighted by Crippen LogP contribution is -2.11. The molecule has 0 saturated carbocycles. The standard InChI is InChI=1S/C15H17ClN2O/c1-4-12-10(2)17-15(18-14(12)16)13(19-3)11-8-6-5-7-9-11/h5-9,13H,4H2,1-3H3. The summed E-state index contributed by atoms with van der Waals surface area (Å²) < 4.78 is 5.52. The van der Waals surface area contributed by atoms with Gasteiger partial charge in [-0.1, -0.05) is 48.9 Å². The Bertz CT molecular complexity index is 534. The van der Waals surface area contributed by atoms with Crippen LogP contribution in [0.4, 0.5) is 0 Å². The average Bonchev–Trinajstić information content (AvgIpc) is 2.40. The van der Waals surface area contributed by atoms with E-state index < -0.39 is 0 Å². The number of hydrogen-bond donors (Lipinski definition) is 0. The highest BCUT2D eigenvalue weighted by Crippen LogP contribution is 2.25. The van der Waals surface area contributed by atoms with Gasteiger partial charge in [-0.2, -0.15) is 0 Å². The van der Waals surface area contributed by atoms with Gasteiger partial charge in [-0.15, -0.1) is 0 Å². The van der Waals surface area contributed by atoms with E-state index in [1.54, 1.807) is 7.11 Å². The van der Waals surface area contributed by atoms with Gasteiger partial charge in [0.25, 0.3) is 0 Å². The Labute approximate surface area is 118 Å². The zero-order valence-electron chi connectivity index (χ0n) is 11.4. The van der Waals surface area contributed by atoms with Crippen molar-refractivity contribution in [3.8, 4) is 0 Å². The van der Waals surface area contributed by atoms with E-state index in [0.717, 1.165) is 23.2 Å². The summed E-state index contributed by atoms with van der Waals surface area (Å²) in [6.45, 7) is 4.00. The molecule has 0 N–H and O–H groups in total. The molecule has 19 heavy (non-hydrogen) atoms. The van der Waals surface area contributed by atoms with Gasteiger partial charge in [0, 0.05) is 18.4 Å². The first-order chi connectivity index (χ1) is 9.17. The van der Waals surface area contributed by atoms with E-state index in [1.165, 1.54) is 0 Å². The Morgan fingerprint density at radius 1 is 1.21 bits per heavy atom. The molecule has 0 bridgehead atoms. The molecule has 0 aliphatic carbocycles. The number of methoxy groups -OCH3 is 1. The topological polar surface area (TPSA) is 35.0 Å². The van der Waals surface area contributed by atoms with Crippen molar-refractivity contribution >= 4 is 11.6 Å². The summed E-state index contributed by atoms with van der Waals surface area (Å²) in [5, 5.41) is 0.517. The van der Waals surface area contributed by atoms with E-state index in [-0.39, 0.29) is 6.10 Å². The van der Waals surface area contributed by atoms with E-state index in [9.17, 15) is 0 Å². The first kappa shape index (κ1) is 14.0. The fourth-order valence-electron chi connectivity index (χ4n) is 2.12. The van der Waals surface area contributed by atoms with Gasteiger partial charge in [0.1, 0.15) is 11.3 Å². The summed E-state index contributed by atoms with van der Waals surface area (Å²) in [5.41, 5.74) is 2.92. The third-order valence-electron chi connectivity index (χ3n) is 3.11. The number of benzene rings is 1. The lowest BCUT2D eigenvalue weighted by molar-refractivity contribution is 0.129. The van der Waals surface area contributed by atoms with Crippen LogP contribution in [0.3, 0.4) is 0 Å². The minimum atomic E-state index is -0.289. The highest BCUT2D eigenvalue weighted by molar-refractivity contribution is 6.30. The predicted molar refractivity (Wildman–Crippen MR) is 76.5 cm³/mol. The van der Waals surface area contributed by atoms with Crippen LogP contribution in [0.5, 0.6) is 0 Å². The zero-order valence-corrected chi connectivity index (χ0v) is 12.1. The minimum Gasteiger partial charge on any atom is -0.369 e. The smallest absolute Gasteiger partial charge is 0.163 e. The number of rotatable bonds is 4. The number of hydrogen-bond acceptors (Lipinski definition) is 3. The van der Waals surface area contributed by atoms with Crippen LogP contribution in [0.2, 0.25) is 5.15 Å². The summed E-state index contributed by atoms with van der Waals surface area (Å²) in [4.78, 5) is 8.91. The molecular weight excluding hydrogens is 260 g/mol. The van der Waals surface area contributed by atoms with Crippen LogP contribution in [0.1, 0.15) is 35.7 Å². The maximum absolute atomic E-state index is 6.22. The average molecular weight is 277 g/mol. The maximum atomic E-state index is 6.22. The number of nitrogens with zero attached hydrogens (tertiary/aromatic N) is 2. The van der Waals surface area contributed by atoms with Crippen LogP contribution < -0.4 is 0 Å². The molecule has 0 saturated heterocycles. The minimum absolute atomic E-state index is 0.289. The molecule has 0 aliphatic heterocycles. The molecule has 0 aliphatic rings. The van der Waals surface area contributed by atoms with Crippen LogP contribution in [-0.4, -0.2) is 17.1 Å². The molecule has 0 radical (unpaired) electrons. The van der Waals surface area contributed by atoms with Gasteiger partial charge in [-0.05, 0) is 18.9 Å². The summed E-state index contributed by atoms with van der Waals surface area (Å²) in [7, 11) is 1.65. The molecule has 2 aromatic rings. The molecule has 2 rings (SSSR count). The van der Waals surface area contributed by atoms with Gasteiger partial charge in [-0.3, -0.25) is 0 Å². The maximum Gasteiger partial charge on any atom is 0.163 e. The van der Waals surface area contributed by atoms with Crippen molar-refractivity contribution in [2.45, 2.75) is 26.4 Å². The Balaban J connectivity index is 2.45. The normalized spacial score (nSPS) is 12.4. The summed E-state index contributed by atoms with van der Waals surface area (Å²) in [5.74, 6) is 0.605. The van der Waals surface area contributed by atoms with Crippen molar-refractivity contribution in [2.75, 3.05) is 7.11 Å². The number of halogens is 1. The van der Waals surface area contributed by atoms with Gasteiger partial charge in [0.15, 0.2) is 5.82 Å². The predicted octanol–water partition coefficient (Wildman–Crippen LogP) is 3.74. The van der Waals surface area contributed by atoms with Gasteiger partial charge in [0.05, 0.1) is 0 Å². The summed E-state index contributed by atoms with van der Waals surface area (Å²) in [6.07, 6.45) is 0.539. The molecule has 0 spiro atoms. The van der Waals surface area contributed by atoms with Gasteiger partial charge >= 0.3 is 0 Å². The fourth-order valence-corrected chi connectivity index (χ4v) is 2.48. The van der Waals surface area contributed by atoms with E-state index in [4.69, 9.17) is 16.3 Å². The van der Waals surface area contributed by atoms with E-state index in [0.29, 0.717) is 11.0 Å². The second kappa shape index (κ2) is 6.13. The summed E-state index contributed by atoms with van der Waals surface area (Å²) >= 11 is 6.22. The van der Waals surface area contributed by atoms with E-state index >= 15 is 0 Å². The molecular formula is C15H17ClN2O. The van der Waals surface area contributed by atoms with Crippen LogP contribution in [0.25, 0.3) is 0 Å². The second-order valence-corrected chi connectivity index (χ2v) is 4.67. The molecule has 1 heterocycles. The van der Waals surface area contributed by atoms with Crippen molar-refractivity contribution in [3.63, 3.8) is 0 Å². The third kappa shape index (κ3) is 2.94. The van der Waals surface area contributed by atoms with Crippen molar-refractivity contribution in [1.82, 2.24) is 9.97 Å². The van der Waals surface area contributed by atoms with Gasteiger partial charge < -0.3 is 4.74 Å². The molecule has 1 atom stereocenters. The van der Waals surface area contributed by atoms with Crippen LogP contribution in [0.15, 0.2) is 30.3 Å². The van der Waals surface area contributed by atoms with E-state index in [1.807, 2.05) is 44.2 Å². The Hall–Kier alpha value is -1.45. The first-order valence-electron chi connectivity index (χ1n) is 6.28. The Kier molecular flexibility index (Phi) is 4.51. The van der Waals surface area contributed by atoms with Crippen LogP contribution >= 0.6 is 11.6 Å². The molecule has 0 fully saturated rings. The first-order valence-corrected chi connectivity index (χ1v) is 6.65. The summed E-state index contributed by atoms with van der Waals surface area (Å²) in [6, 6.07) is 9.89. The molecule has 1 unspecified atom stereocenters. The zero-order chi connectivity index (χ0) is 13.8. The second-order valence-electron chi connectivity index (χ2n) is 4.32. The molecule has 1 aromatic carbocycles. The molecule has 4 heteroatoms. The third-order valence-corrected chi connectivity index (χ3v) is 3.42. The monoisotopic (exact) mass is 276 g/mol. The van der Waals surface area contributed by atoms with Crippen molar-refractivity contribution in [3.05, 3.63) is 58.1 Å². The Morgan fingerprint density at radius 2 is 1.89 bits per heavy atom. The van der Waals surface area contributed by atoms with Gasteiger partial charge in [0.2, 0.25) is 0 Å². The largest absolute Gasteiger partial charge is 0.369 e. The highest BCUT2D eigenvalue weighted by atomic mass is 35.5. The molecule has 3 nitrogen and oxygen atoms in total.